The highest BCUT2D eigenvalue weighted by molar-refractivity contribution is 6.38. The minimum Gasteiger partial charge on any atom is -0.450 e. The average Bonchev–Trinajstić information content (AvgIpc) is 1.54. The van der Waals surface area contributed by atoms with Gasteiger partial charge in [0.1, 0.15) is 59.3 Å². The Bertz CT molecular complexity index is 3520. The van der Waals surface area contributed by atoms with E-state index in [-0.39, 0.29) is 94.4 Å². The number of Topliss-reactive ketones (excluding diaryl/α,β-unsaturated/α-hetero) is 1. The zero-order chi connectivity index (χ0) is 86.7. The molecular formula is C88H143N11O18. The number of ketones is 1. The Balaban J connectivity index is 0.000000244. The van der Waals surface area contributed by atoms with Gasteiger partial charge in [0.2, 0.25) is 41.2 Å². The lowest BCUT2D eigenvalue weighted by Gasteiger charge is -2.35. The van der Waals surface area contributed by atoms with Gasteiger partial charge in [-0.2, -0.15) is 0 Å². The SMILES string of the molecule is C=CCNC(=O)C(=O)[C@@H]1CCCCCCCCC[C@H](NC(=O)OC(C)(C)C)C(=O)N2C[C@H]3[C@@H]([C@H]2C(=O)N1)C3(C)C.C=CCNC(=O)C(OC(C)=O)[C@@H]1CCCCCCCCC[C@H](NC(=O)OC(C)(C)C)C(=O)N2C[C@H]3[C@@H]([C@H]2C(=O)N1)C3(C)C.CC(C)(C)OC(=O)N[C@H]1CCCCCCCCC[C@@H](C=O)NC(=O)[C@@H]2[C@@H]3[C@H](CN2C1=O)C3(C)C. The minimum absolute atomic E-state index is 0.0234. The van der Waals surface area contributed by atoms with Crippen LogP contribution >= 0.6 is 0 Å². The van der Waals surface area contributed by atoms with Gasteiger partial charge in [-0.25, -0.2) is 14.4 Å². The maximum absolute atomic E-state index is 14.1. The Hall–Kier alpha value is -8.14. The molecular weight excluding hydrogens is 1500 g/mol. The molecule has 9 fully saturated rings. The monoisotopic (exact) mass is 1640 g/mol. The third-order valence-corrected chi connectivity index (χ3v) is 25.2. The van der Waals surface area contributed by atoms with Gasteiger partial charge in [0, 0.05) is 39.6 Å². The van der Waals surface area contributed by atoms with Crippen molar-refractivity contribution in [3.63, 3.8) is 0 Å². The van der Waals surface area contributed by atoms with E-state index in [1.165, 1.54) is 19.1 Å². The molecule has 0 aromatic heterocycles. The average molecular weight is 1640 g/mol. The topological polar surface area (TPSA) is 382 Å². The quantitative estimate of drug-likeness (QED) is 0.0279. The number of carbonyl (C=O) groups excluding carboxylic acids is 14. The second-order valence-electron chi connectivity index (χ2n) is 38.8. The number of hydrogen-bond donors (Lipinski definition) is 8. The number of piperidine rings is 3. The Labute approximate surface area is 694 Å². The molecule has 9 rings (SSSR count). The lowest BCUT2D eigenvalue weighted by molar-refractivity contribution is -0.157. The summed E-state index contributed by atoms with van der Waals surface area (Å²) in [7, 11) is 0. The Kier molecular flexibility index (Phi) is 34.6. The fourth-order valence-electron chi connectivity index (χ4n) is 18.7. The Morgan fingerprint density at radius 3 is 1.09 bits per heavy atom. The van der Waals surface area contributed by atoms with Gasteiger partial charge >= 0.3 is 24.2 Å². The van der Waals surface area contributed by atoms with Crippen LogP contribution in [0, 0.1) is 51.8 Å². The van der Waals surface area contributed by atoms with Crippen molar-refractivity contribution in [1.82, 2.24) is 57.2 Å². The fraction of sp³-hybridized carbons (Fsp3) is 0.795. The van der Waals surface area contributed by atoms with Crippen molar-refractivity contribution >= 4 is 83.6 Å². The van der Waals surface area contributed by atoms with E-state index < -0.39 is 125 Å². The van der Waals surface area contributed by atoms with Crippen LogP contribution < -0.4 is 42.5 Å². The van der Waals surface area contributed by atoms with E-state index in [1.807, 2.05) is 0 Å². The predicted molar refractivity (Wildman–Crippen MR) is 442 cm³/mol. The second-order valence-corrected chi connectivity index (χ2v) is 38.8. The van der Waals surface area contributed by atoms with Gasteiger partial charge < -0.3 is 81.0 Å². The third-order valence-electron chi connectivity index (χ3n) is 25.2. The first kappa shape index (κ1) is 96.0. The first-order chi connectivity index (χ1) is 54.9. The van der Waals surface area contributed by atoms with Crippen LogP contribution in [0.1, 0.15) is 284 Å². The molecule has 117 heavy (non-hydrogen) atoms. The van der Waals surface area contributed by atoms with Gasteiger partial charge in [0.25, 0.3) is 11.8 Å². The molecule has 0 spiro atoms. The molecule has 16 atom stereocenters. The number of alkyl carbamates (subject to hydrolysis) is 3. The molecule has 658 valence electrons. The largest absolute Gasteiger partial charge is 0.450 e. The Morgan fingerprint density at radius 1 is 0.444 bits per heavy atom. The molecule has 29 heteroatoms. The highest BCUT2D eigenvalue weighted by Crippen LogP contribution is 2.67. The maximum Gasteiger partial charge on any atom is 0.408 e. The summed E-state index contributed by atoms with van der Waals surface area (Å²) in [5, 5.41) is 22.3. The number of fused-ring (bicyclic) bond motifs is 9. The summed E-state index contributed by atoms with van der Waals surface area (Å²) in [5.74, 6) is -4.07. The molecule has 0 aromatic carbocycles. The molecule has 3 saturated carbocycles. The van der Waals surface area contributed by atoms with Gasteiger partial charge in [-0.3, -0.25) is 47.9 Å². The van der Waals surface area contributed by atoms with E-state index in [2.05, 4.69) is 97.2 Å². The number of nitrogens with one attached hydrogen (secondary N) is 8. The molecule has 11 amide bonds. The summed E-state index contributed by atoms with van der Waals surface area (Å²) in [6, 6.07) is -6.84. The molecule has 29 nitrogen and oxygen atoms in total. The minimum atomic E-state index is -1.23. The van der Waals surface area contributed by atoms with E-state index in [0.29, 0.717) is 64.6 Å². The second kappa shape index (κ2) is 42.2. The molecule has 1 unspecified atom stereocenters. The van der Waals surface area contributed by atoms with Crippen LogP contribution in [0.5, 0.6) is 0 Å². The normalized spacial score (nSPS) is 30.1. The van der Waals surface area contributed by atoms with Gasteiger partial charge in [-0.1, -0.05) is 189 Å². The van der Waals surface area contributed by atoms with Crippen LogP contribution in [0.3, 0.4) is 0 Å². The molecule has 0 aromatic rings. The first-order valence-electron chi connectivity index (χ1n) is 43.7. The summed E-state index contributed by atoms with van der Waals surface area (Å²) < 4.78 is 21.8. The smallest absolute Gasteiger partial charge is 0.408 e. The van der Waals surface area contributed by atoms with E-state index in [0.717, 1.165) is 135 Å². The first-order valence-corrected chi connectivity index (χ1v) is 43.7. The van der Waals surface area contributed by atoms with Crippen molar-refractivity contribution in [3.8, 4) is 0 Å². The lowest BCUT2D eigenvalue weighted by atomic mass is 9.96. The zero-order valence-electron chi connectivity index (χ0n) is 73.2. The number of rotatable bonds is 13. The summed E-state index contributed by atoms with van der Waals surface area (Å²) in [6.45, 7) is 38.6. The van der Waals surface area contributed by atoms with E-state index >= 15 is 0 Å². The van der Waals surface area contributed by atoms with Crippen molar-refractivity contribution in [2.45, 2.75) is 361 Å². The molecule has 6 heterocycles. The van der Waals surface area contributed by atoms with Gasteiger partial charge in [0.15, 0.2) is 6.10 Å². The van der Waals surface area contributed by atoms with Crippen LogP contribution in [0.4, 0.5) is 14.4 Å². The molecule has 6 saturated heterocycles. The highest BCUT2D eigenvalue weighted by Gasteiger charge is 2.72. The number of amides is 11. The fourth-order valence-corrected chi connectivity index (χ4v) is 18.7. The lowest BCUT2D eigenvalue weighted by Crippen LogP contribution is -2.59. The van der Waals surface area contributed by atoms with Crippen LogP contribution in [0.25, 0.3) is 0 Å². The highest BCUT2D eigenvalue weighted by atomic mass is 16.6. The number of carbonyl (C=O) groups is 14. The van der Waals surface area contributed by atoms with Crippen LogP contribution in [0.15, 0.2) is 25.3 Å². The Morgan fingerprint density at radius 2 is 0.752 bits per heavy atom. The van der Waals surface area contributed by atoms with Crippen molar-refractivity contribution < 1.29 is 86.1 Å². The molecule has 6 aliphatic heterocycles. The maximum atomic E-state index is 14.1. The molecule has 9 aliphatic rings. The number of ether oxygens (including phenoxy) is 4. The van der Waals surface area contributed by atoms with E-state index in [9.17, 15) is 67.1 Å². The standard InChI is InChI=1S/C32H52N4O7.C30H48N4O6.C26H43N3O5/c1-8-18-33-28(39)26(42-20(2)37)22-16-14-12-10-9-11-13-15-17-23(35-30(41)43-31(3,4)5)29(40)36-19-21-24(32(21,6)7)25(36)27(38)34-22;1-7-17-31-26(37)24(35)20-15-13-11-9-8-10-12-14-16-21(33-28(39)40-29(2,3)4)27(38)34-18-19-22(30(19,5)6)23(34)25(36)32-20;1-25(2,3)34-24(33)28-19-14-12-10-8-6-7-9-11-13-17(16-30)27-22(31)21-20-18(26(20,4)5)15-29(21)23(19)32/h8,21-26H,1,9-19H2,2-7H3,(H,33,39)(H,34,38)(H,35,41);7,19-23H,1,8-18H2,2-6H3,(H,31,37)(H,32,36)(H,33,39);16-21H,6-15H2,1-5H3,(H,27,31)(H,28,33)/t21-,22-,23-,24-,25-,26?;19-,20-,21-,22-,23-;17-,18-,19-,20-,21-/m000/s1. The number of nitrogens with zero attached hydrogens (tertiary/aromatic N) is 3. The zero-order valence-corrected chi connectivity index (χ0v) is 73.2. The predicted octanol–water partition coefficient (Wildman–Crippen LogP) is 10.4. The summed E-state index contributed by atoms with van der Waals surface area (Å²) in [4.78, 5) is 188. The molecule has 0 radical (unpaired) electrons. The van der Waals surface area contributed by atoms with E-state index in [4.69, 9.17) is 18.9 Å². The number of hydrogen-bond acceptors (Lipinski definition) is 18. The van der Waals surface area contributed by atoms with Crippen LogP contribution in [-0.4, -0.2) is 208 Å². The number of esters is 1. The summed E-state index contributed by atoms with van der Waals surface area (Å²) >= 11 is 0. The van der Waals surface area contributed by atoms with Crippen LogP contribution in [-0.2, 0) is 71.7 Å². The van der Waals surface area contributed by atoms with Gasteiger partial charge in [-0.15, -0.1) is 13.2 Å². The van der Waals surface area contributed by atoms with Crippen LogP contribution in [0.2, 0.25) is 0 Å². The van der Waals surface area contributed by atoms with Crippen molar-refractivity contribution in [1.29, 1.82) is 0 Å². The summed E-state index contributed by atoms with van der Waals surface area (Å²) in [5.41, 5.74) is -2.40. The molecule has 8 N–H and O–H groups in total. The molecule has 3 aliphatic carbocycles. The van der Waals surface area contributed by atoms with Gasteiger partial charge in [-0.05, 0) is 153 Å². The number of aldehydes is 1. The van der Waals surface area contributed by atoms with Crippen molar-refractivity contribution in [2.24, 2.45) is 51.8 Å². The van der Waals surface area contributed by atoms with E-state index in [1.54, 1.807) is 77.0 Å². The summed E-state index contributed by atoms with van der Waals surface area (Å²) in [6.07, 6.45) is 23.1. The molecule has 0 bridgehead atoms. The van der Waals surface area contributed by atoms with Gasteiger partial charge in [0.05, 0.1) is 18.1 Å². The van der Waals surface area contributed by atoms with Crippen molar-refractivity contribution in [2.75, 3.05) is 32.7 Å². The third kappa shape index (κ3) is 27.2. The van der Waals surface area contributed by atoms with Crippen molar-refractivity contribution in [3.05, 3.63) is 25.3 Å².